The van der Waals surface area contributed by atoms with Crippen LogP contribution in [0.25, 0.3) is 0 Å². The summed E-state index contributed by atoms with van der Waals surface area (Å²) in [6, 6.07) is 13.5. The van der Waals surface area contributed by atoms with Crippen molar-refractivity contribution in [2.75, 3.05) is 7.11 Å². The second-order valence-corrected chi connectivity index (χ2v) is 4.93. The van der Waals surface area contributed by atoms with E-state index in [4.69, 9.17) is 16.1 Å². The van der Waals surface area contributed by atoms with E-state index in [9.17, 15) is 9.18 Å². The molecule has 0 aliphatic carbocycles. The largest absolute Gasteiger partial charge is 0.497 e. The standard InChI is InChI=1S/C18H16FNO3/c1-13-3-7-15(8-4-13)18(19,12-20)17(21)23-11-14-5-9-16(22-2)10-6-14/h3-10H,11H2,1-2H3/i11D/t11-,18?/m0/s1. The molecule has 0 heterocycles. The van der Waals surface area contributed by atoms with Gasteiger partial charge in [0.25, 0.3) is 0 Å². The van der Waals surface area contributed by atoms with Gasteiger partial charge < -0.3 is 9.47 Å². The van der Waals surface area contributed by atoms with E-state index >= 15 is 0 Å². The predicted molar refractivity (Wildman–Crippen MR) is 82.4 cm³/mol. The zero-order valence-electron chi connectivity index (χ0n) is 13.7. The van der Waals surface area contributed by atoms with Crippen LogP contribution in [0.1, 0.15) is 18.1 Å². The number of nitrogens with zero attached hydrogens (tertiary/aromatic N) is 1. The van der Waals surface area contributed by atoms with Gasteiger partial charge in [-0.25, -0.2) is 9.18 Å². The van der Waals surface area contributed by atoms with E-state index < -0.39 is 18.2 Å². The minimum atomic E-state index is -2.96. The molecule has 0 aliphatic rings. The number of rotatable bonds is 5. The van der Waals surface area contributed by atoms with Gasteiger partial charge in [-0.05, 0) is 24.6 Å². The maximum atomic E-state index is 14.8. The number of carbonyl (C=O) groups is 1. The molecular formula is C18H16FNO3. The summed E-state index contributed by atoms with van der Waals surface area (Å²) in [5, 5.41) is 9.13. The van der Waals surface area contributed by atoms with E-state index in [2.05, 4.69) is 0 Å². The van der Waals surface area contributed by atoms with Crippen molar-refractivity contribution in [3.8, 4) is 11.8 Å². The highest BCUT2D eigenvalue weighted by atomic mass is 19.1. The van der Waals surface area contributed by atoms with Crippen LogP contribution >= 0.6 is 0 Å². The summed E-state index contributed by atoms with van der Waals surface area (Å²) in [5.74, 6) is -0.835. The van der Waals surface area contributed by atoms with Crippen LogP contribution in [0.2, 0.25) is 0 Å². The van der Waals surface area contributed by atoms with Crippen LogP contribution in [0.15, 0.2) is 48.5 Å². The maximum Gasteiger partial charge on any atom is 0.364 e. The van der Waals surface area contributed by atoms with Crippen LogP contribution in [0.4, 0.5) is 4.39 Å². The summed E-state index contributed by atoms with van der Waals surface area (Å²) < 4.78 is 32.5. The number of halogens is 1. The van der Waals surface area contributed by atoms with Gasteiger partial charge in [-0.15, -0.1) is 0 Å². The van der Waals surface area contributed by atoms with Crippen LogP contribution in [0.3, 0.4) is 0 Å². The first-order valence-corrected chi connectivity index (χ1v) is 6.85. The summed E-state index contributed by atoms with van der Waals surface area (Å²) >= 11 is 0. The van der Waals surface area contributed by atoms with Gasteiger partial charge >= 0.3 is 11.6 Å². The predicted octanol–water partition coefficient (Wildman–Crippen LogP) is 3.44. The van der Waals surface area contributed by atoms with Gasteiger partial charge in [0.1, 0.15) is 18.4 Å². The molecule has 0 bridgehead atoms. The van der Waals surface area contributed by atoms with Gasteiger partial charge in [-0.3, -0.25) is 0 Å². The number of ether oxygens (including phenoxy) is 2. The molecule has 5 heteroatoms. The average molecular weight is 314 g/mol. The lowest BCUT2D eigenvalue weighted by Crippen LogP contribution is -2.31. The molecule has 0 amide bonds. The molecule has 2 atom stereocenters. The number of benzene rings is 2. The topological polar surface area (TPSA) is 59.3 Å². The molecule has 4 nitrogen and oxygen atoms in total. The molecule has 2 rings (SSSR count). The lowest BCUT2D eigenvalue weighted by Gasteiger charge is -2.17. The molecule has 0 fully saturated rings. The zero-order valence-corrected chi connectivity index (χ0v) is 12.7. The van der Waals surface area contributed by atoms with Gasteiger partial charge in [-0.2, -0.15) is 5.26 Å². The van der Waals surface area contributed by atoms with Crippen LogP contribution in [-0.2, 0) is 21.8 Å². The first-order chi connectivity index (χ1) is 11.4. The van der Waals surface area contributed by atoms with E-state index in [0.717, 1.165) is 5.56 Å². The number of alkyl halides is 1. The van der Waals surface area contributed by atoms with Crippen molar-refractivity contribution < 1.29 is 20.0 Å². The molecule has 2 aromatic rings. The maximum absolute atomic E-state index is 14.8. The van der Waals surface area contributed by atoms with Gasteiger partial charge in [0.15, 0.2) is 0 Å². The van der Waals surface area contributed by atoms with Gasteiger partial charge in [0, 0.05) is 5.56 Å². The smallest absolute Gasteiger partial charge is 0.364 e. The molecule has 23 heavy (non-hydrogen) atoms. The van der Waals surface area contributed by atoms with E-state index in [-0.39, 0.29) is 5.56 Å². The molecule has 0 N–H and O–H groups in total. The Morgan fingerprint density at radius 3 is 2.39 bits per heavy atom. The second kappa shape index (κ2) is 6.93. The Hall–Kier alpha value is -2.87. The Morgan fingerprint density at radius 2 is 1.87 bits per heavy atom. The quantitative estimate of drug-likeness (QED) is 0.793. The number of esters is 1. The molecule has 2 aromatic carbocycles. The van der Waals surface area contributed by atoms with Crippen molar-refractivity contribution in [3.05, 3.63) is 65.2 Å². The van der Waals surface area contributed by atoms with Crippen molar-refractivity contribution in [2.24, 2.45) is 0 Å². The van der Waals surface area contributed by atoms with Gasteiger partial charge in [0.2, 0.25) is 0 Å². The Labute approximate surface area is 135 Å². The molecule has 0 saturated carbocycles. The number of hydrogen-bond donors (Lipinski definition) is 0. The van der Waals surface area contributed by atoms with E-state index in [1.165, 1.54) is 37.4 Å². The minimum Gasteiger partial charge on any atom is -0.497 e. The first kappa shape index (κ1) is 15.0. The molecule has 1 unspecified atom stereocenters. The number of aryl methyl sites for hydroxylation is 1. The minimum absolute atomic E-state index is 0.123. The number of carbonyl (C=O) groups excluding carboxylic acids is 1. The highest BCUT2D eigenvalue weighted by Crippen LogP contribution is 2.28. The molecular weight excluding hydrogens is 297 g/mol. The number of hydrogen-bond acceptors (Lipinski definition) is 4. The Bertz CT molecular complexity index is 755. The lowest BCUT2D eigenvalue weighted by atomic mass is 9.96. The first-order valence-electron chi connectivity index (χ1n) is 7.43. The van der Waals surface area contributed by atoms with Gasteiger partial charge in [0.05, 0.1) is 8.48 Å². The van der Waals surface area contributed by atoms with Crippen LogP contribution in [0.5, 0.6) is 5.75 Å². The third kappa shape index (κ3) is 3.67. The third-order valence-corrected chi connectivity index (χ3v) is 3.30. The summed E-state index contributed by atoms with van der Waals surface area (Å²) in [7, 11) is 1.50. The van der Waals surface area contributed by atoms with E-state index in [0.29, 0.717) is 11.3 Å². The van der Waals surface area contributed by atoms with Crippen molar-refractivity contribution >= 4 is 5.97 Å². The molecule has 0 spiro atoms. The summed E-state index contributed by atoms with van der Waals surface area (Å²) in [6.45, 7) is 0.357. The van der Waals surface area contributed by atoms with Gasteiger partial charge in [-0.1, -0.05) is 42.0 Å². The molecule has 0 saturated heterocycles. The molecule has 0 aromatic heterocycles. The van der Waals surface area contributed by atoms with Crippen LogP contribution in [-0.4, -0.2) is 13.1 Å². The lowest BCUT2D eigenvalue weighted by molar-refractivity contribution is -0.156. The van der Waals surface area contributed by atoms with Crippen molar-refractivity contribution in [3.63, 3.8) is 0 Å². The number of methoxy groups -OCH3 is 1. The third-order valence-electron chi connectivity index (χ3n) is 3.30. The van der Waals surface area contributed by atoms with Crippen molar-refractivity contribution in [2.45, 2.75) is 19.2 Å². The summed E-state index contributed by atoms with van der Waals surface area (Å²) in [6.07, 6.45) is 0. The van der Waals surface area contributed by atoms with Crippen LogP contribution < -0.4 is 4.74 Å². The van der Waals surface area contributed by atoms with E-state index in [1.807, 2.05) is 0 Å². The molecule has 0 radical (unpaired) electrons. The average Bonchev–Trinajstić information content (AvgIpc) is 2.61. The SMILES string of the molecule is [2H][C@H](OC(=O)C(F)(C#N)c1ccc(C)cc1)c1ccc(OC)cc1. The summed E-state index contributed by atoms with van der Waals surface area (Å²) in [4.78, 5) is 12.1. The van der Waals surface area contributed by atoms with Crippen molar-refractivity contribution in [1.82, 2.24) is 0 Å². The normalized spacial score (nSPS) is 14.8. The van der Waals surface area contributed by atoms with Crippen molar-refractivity contribution in [1.29, 1.82) is 5.26 Å². The second-order valence-electron chi connectivity index (χ2n) is 4.93. The fraction of sp³-hybridized carbons (Fsp3) is 0.222. The highest BCUT2D eigenvalue weighted by Gasteiger charge is 2.43. The monoisotopic (exact) mass is 314 g/mol. The van der Waals surface area contributed by atoms with Crippen LogP contribution in [0, 0.1) is 18.3 Å². The molecule has 0 aliphatic heterocycles. The Kier molecular flexibility index (Phi) is 4.53. The fourth-order valence-electron chi connectivity index (χ4n) is 1.90. The highest BCUT2D eigenvalue weighted by molar-refractivity contribution is 5.84. The molecule has 118 valence electrons. The fourth-order valence-corrected chi connectivity index (χ4v) is 1.90. The summed E-state index contributed by atoms with van der Waals surface area (Å²) in [5.41, 5.74) is -1.88. The Balaban J connectivity index is 2.19. The number of nitriles is 1. The Morgan fingerprint density at radius 1 is 1.26 bits per heavy atom. The zero-order chi connectivity index (χ0) is 17.7. The van der Waals surface area contributed by atoms with E-state index in [1.54, 1.807) is 31.2 Å².